The minimum absolute atomic E-state index is 0.164. The third-order valence-corrected chi connectivity index (χ3v) is 7.15. The molecule has 0 heterocycles. The molecule has 0 unspecified atom stereocenters. The number of rotatable bonds is 2. The van der Waals surface area contributed by atoms with Gasteiger partial charge in [-0.15, -0.1) is 6.58 Å². The summed E-state index contributed by atoms with van der Waals surface area (Å²) in [5.74, 6) is 2.66. The Hall–Kier alpha value is -1.28. The number of allylic oxidation sites excluding steroid dienone is 1. The van der Waals surface area contributed by atoms with Crippen LogP contribution in [-0.2, 0) is 6.42 Å². The second-order valence-corrected chi connectivity index (χ2v) is 8.37. The van der Waals surface area contributed by atoms with Gasteiger partial charge in [0.25, 0.3) is 0 Å². The van der Waals surface area contributed by atoms with Gasteiger partial charge in [-0.2, -0.15) is 0 Å². The molecule has 2 saturated carbocycles. The Kier molecular flexibility index (Phi) is 3.57. The predicted octanol–water partition coefficient (Wildman–Crippen LogP) is 4.41. The molecule has 124 valence electrons. The number of benzene rings is 1. The molecule has 0 saturated heterocycles. The third kappa shape index (κ3) is 2.26. The van der Waals surface area contributed by atoms with Crippen LogP contribution in [0.1, 0.15) is 56.1 Å². The normalized spacial score (nSPS) is 41.7. The molecule has 3 aliphatic carbocycles. The van der Waals surface area contributed by atoms with Crippen molar-refractivity contribution >= 4 is 0 Å². The zero-order valence-electron chi connectivity index (χ0n) is 14.0. The van der Waals surface area contributed by atoms with Gasteiger partial charge in [0.15, 0.2) is 0 Å². The average Bonchev–Trinajstić information content (AvgIpc) is 2.77. The lowest BCUT2D eigenvalue weighted by Crippen LogP contribution is -2.42. The highest BCUT2D eigenvalue weighted by molar-refractivity contribution is 5.40. The van der Waals surface area contributed by atoms with E-state index in [0.29, 0.717) is 34.8 Å². The van der Waals surface area contributed by atoms with Crippen LogP contribution in [-0.4, -0.2) is 16.3 Å². The summed E-state index contributed by atoms with van der Waals surface area (Å²) >= 11 is 0. The summed E-state index contributed by atoms with van der Waals surface area (Å²) in [6.45, 7) is 6.34. The Balaban J connectivity index is 1.72. The van der Waals surface area contributed by atoms with Crippen molar-refractivity contribution in [2.45, 2.75) is 57.5 Å². The van der Waals surface area contributed by atoms with Gasteiger partial charge in [0.2, 0.25) is 0 Å². The molecule has 3 aliphatic rings. The highest BCUT2D eigenvalue weighted by atomic mass is 16.3. The van der Waals surface area contributed by atoms with Crippen LogP contribution in [0.2, 0.25) is 0 Å². The van der Waals surface area contributed by atoms with E-state index in [1.807, 2.05) is 18.2 Å². The van der Waals surface area contributed by atoms with Crippen LogP contribution in [0, 0.1) is 23.2 Å². The van der Waals surface area contributed by atoms with E-state index in [0.717, 1.165) is 19.3 Å². The van der Waals surface area contributed by atoms with Crippen molar-refractivity contribution in [3.05, 3.63) is 42.0 Å². The molecule has 0 amide bonds. The number of fused-ring (bicyclic) bond motifs is 5. The van der Waals surface area contributed by atoms with Gasteiger partial charge in [0.05, 0.1) is 6.10 Å². The predicted molar refractivity (Wildman–Crippen MR) is 92.4 cm³/mol. The van der Waals surface area contributed by atoms with Crippen molar-refractivity contribution in [2.24, 2.45) is 23.2 Å². The number of phenols is 1. The van der Waals surface area contributed by atoms with Crippen LogP contribution in [0.5, 0.6) is 5.75 Å². The van der Waals surface area contributed by atoms with E-state index in [-0.39, 0.29) is 6.10 Å². The third-order valence-electron chi connectivity index (χ3n) is 7.15. The van der Waals surface area contributed by atoms with E-state index in [1.165, 1.54) is 30.4 Å². The molecule has 0 bridgehead atoms. The molecule has 0 aromatic heterocycles. The highest BCUT2D eigenvalue weighted by Gasteiger charge is 2.56. The molecule has 2 fully saturated rings. The Labute approximate surface area is 139 Å². The zero-order chi connectivity index (χ0) is 16.2. The smallest absolute Gasteiger partial charge is 0.115 e. The fourth-order valence-electron chi connectivity index (χ4n) is 6.33. The summed E-state index contributed by atoms with van der Waals surface area (Å²) in [5.41, 5.74) is 3.09. The molecule has 2 nitrogen and oxygen atoms in total. The first-order valence-corrected chi connectivity index (χ1v) is 9.14. The molecular formula is C21H28O2. The van der Waals surface area contributed by atoms with Crippen LogP contribution in [0.25, 0.3) is 0 Å². The van der Waals surface area contributed by atoms with Gasteiger partial charge in [-0.1, -0.05) is 19.1 Å². The molecule has 23 heavy (non-hydrogen) atoms. The summed E-state index contributed by atoms with van der Waals surface area (Å²) < 4.78 is 0. The van der Waals surface area contributed by atoms with E-state index >= 15 is 0 Å². The van der Waals surface area contributed by atoms with Crippen LogP contribution in [0.4, 0.5) is 0 Å². The molecule has 1 aromatic rings. The van der Waals surface area contributed by atoms with Crippen molar-refractivity contribution in [1.29, 1.82) is 0 Å². The van der Waals surface area contributed by atoms with E-state index < -0.39 is 0 Å². The largest absolute Gasteiger partial charge is 0.508 e. The monoisotopic (exact) mass is 312 g/mol. The van der Waals surface area contributed by atoms with E-state index in [1.54, 1.807) is 0 Å². The lowest BCUT2D eigenvalue weighted by Gasteiger charge is -2.50. The zero-order valence-corrected chi connectivity index (χ0v) is 14.0. The Bertz CT molecular complexity index is 622. The van der Waals surface area contributed by atoms with Gasteiger partial charge in [-0.25, -0.2) is 0 Å². The maximum atomic E-state index is 10.7. The molecule has 0 radical (unpaired) electrons. The fraction of sp³-hybridized carbons (Fsp3) is 0.619. The van der Waals surface area contributed by atoms with Crippen molar-refractivity contribution in [3.8, 4) is 5.75 Å². The Morgan fingerprint density at radius 2 is 2.17 bits per heavy atom. The summed E-state index contributed by atoms with van der Waals surface area (Å²) in [6, 6.07) is 5.96. The molecule has 2 N–H and O–H groups in total. The average molecular weight is 312 g/mol. The first kappa shape index (κ1) is 15.3. The van der Waals surface area contributed by atoms with Crippen molar-refractivity contribution < 1.29 is 10.2 Å². The molecule has 2 heteroatoms. The maximum absolute atomic E-state index is 10.7. The Morgan fingerprint density at radius 1 is 1.35 bits per heavy atom. The van der Waals surface area contributed by atoms with Gasteiger partial charge >= 0.3 is 0 Å². The number of hydrogen-bond donors (Lipinski definition) is 2. The fourth-order valence-corrected chi connectivity index (χ4v) is 6.33. The van der Waals surface area contributed by atoms with Gasteiger partial charge in [-0.3, -0.25) is 0 Å². The number of aromatic hydroxyl groups is 1. The summed E-state index contributed by atoms with van der Waals surface area (Å²) in [6.07, 6.45) is 8.43. The number of aliphatic hydroxyl groups is 1. The molecule has 1 aromatic carbocycles. The second kappa shape index (κ2) is 5.37. The van der Waals surface area contributed by atoms with Crippen LogP contribution in [0.15, 0.2) is 30.9 Å². The first-order valence-electron chi connectivity index (χ1n) is 9.14. The minimum Gasteiger partial charge on any atom is -0.508 e. The number of aliphatic hydroxyl groups excluding tert-OH is 1. The molecule has 0 aliphatic heterocycles. The van der Waals surface area contributed by atoms with Gasteiger partial charge in [-0.05, 0) is 90.9 Å². The van der Waals surface area contributed by atoms with E-state index in [4.69, 9.17) is 0 Å². The van der Waals surface area contributed by atoms with E-state index in [9.17, 15) is 10.2 Å². The SMILES string of the molecule is C=CC[C@@H]1[C@H]2[C@@H]3CCc4cc(O)ccc4[C@H]3CC[C@]2(C)C[C@@H]1O. The topological polar surface area (TPSA) is 40.5 Å². The van der Waals surface area contributed by atoms with E-state index in [2.05, 4.69) is 19.6 Å². The van der Waals surface area contributed by atoms with Crippen molar-refractivity contribution in [1.82, 2.24) is 0 Å². The quantitative estimate of drug-likeness (QED) is 0.794. The summed E-state index contributed by atoms with van der Waals surface area (Å²) in [4.78, 5) is 0. The first-order chi connectivity index (χ1) is 11.0. The van der Waals surface area contributed by atoms with Crippen LogP contribution < -0.4 is 0 Å². The lowest BCUT2D eigenvalue weighted by molar-refractivity contribution is 0.0303. The van der Waals surface area contributed by atoms with Crippen molar-refractivity contribution in [2.75, 3.05) is 0 Å². The summed E-state index contributed by atoms with van der Waals surface area (Å²) in [7, 11) is 0. The molecule has 0 spiro atoms. The number of aryl methyl sites for hydroxylation is 1. The number of phenolic OH excluding ortho intramolecular Hbond substituents is 1. The maximum Gasteiger partial charge on any atom is 0.115 e. The van der Waals surface area contributed by atoms with Crippen LogP contribution >= 0.6 is 0 Å². The standard InChI is InChI=1S/C21H28O2/c1-3-4-18-19(23)12-21(2)10-9-16-15-8-6-14(22)11-13(15)5-7-17(16)20(18)21/h3,6,8,11,16-20,22-23H,1,4-5,7,9-10,12H2,2H3/t16-,17-,18+,19+,20-,21-/m1/s1. The highest BCUT2D eigenvalue weighted by Crippen LogP contribution is 2.63. The van der Waals surface area contributed by atoms with Crippen LogP contribution in [0.3, 0.4) is 0 Å². The second-order valence-electron chi connectivity index (χ2n) is 8.37. The van der Waals surface area contributed by atoms with Gasteiger partial charge in [0.1, 0.15) is 5.75 Å². The molecule has 4 rings (SSSR count). The minimum atomic E-state index is -0.164. The van der Waals surface area contributed by atoms with Crippen molar-refractivity contribution in [3.63, 3.8) is 0 Å². The number of hydrogen-bond acceptors (Lipinski definition) is 2. The van der Waals surface area contributed by atoms with Gasteiger partial charge < -0.3 is 10.2 Å². The Morgan fingerprint density at radius 3 is 2.96 bits per heavy atom. The molecule has 6 atom stereocenters. The van der Waals surface area contributed by atoms with Gasteiger partial charge in [0, 0.05) is 0 Å². The lowest BCUT2D eigenvalue weighted by atomic mass is 9.54. The summed E-state index contributed by atoms with van der Waals surface area (Å²) in [5, 5.41) is 20.4. The molecular weight excluding hydrogens is 284 g/mol.